The molecule has 1 rings (SSSR count). The number of carbonyl (C=O) groups excluding carboxylic acids is 1. The van der Waals surface area contributed by atoms with Crippen LogP contribution in [0.15, 0.2) is 0 Å². The Hall–Kier alpha value is -0.650. The lowest BCUT2D eigenvalue weighted by molar-refractivity contribution is -0.122. The van der Waals surface area contributed by atoms with Crippen molar-refractivity contribution >= 4 is 5.91 Å². The topological polar surface area (TPSA) is 72.8 Å². The van der Waals surface area contributed by atoms with Gasteiger partial charge in [-0.15, -0.1) is 0 Å². The number of nitrogens with one attached hydrogen (secondary N) is 1. The number of hydrogen-bond acceptors (Lipinski definition) is 4. The maximum Gasteiger partial charge on any atom is 0.234 e. The van der Waals surface area contributed by atoms with Crippen LogP contribution >= 0.6 is 0 Å². The van der Waals surface area contributed by atoms with E-state index in [4.69, 9.17) is 0 Å². The number of nitrogens with zero attached hydrogens (tertiary/aromatic N) is 1. The van der Waals surface area contributed by atoms with E-state index in [-0.39, 0.29) is 18.5 Å². The fraction of sp³-hybridized carbons (Fsp3) is 0.929. The molecule has 19 heavy (non-hydrogen) atoms. The van der Waals surface area contributed by atoms with Crippen molar-refractivity contribution in [1.29, 1.82) is 0 Å². The van der Waals surface area contributed by atoms with E-state index in [2.05, 4.69) is 19.2 Å². The predicted molar refractivity (Wildman–Crippen MR) is 74.7 cm³/mol. The van der Waals surface area contributed by atoms with Crippen molar-refractivity contribution in [2.75, 3.05) is 19.6 Å². The molecule has 5 nitrogen and oxygen atoms in total. The van der Waals surface area contributed by atoms with E-state index in [0.29, 0.717) is 19.0 Å². The number of hydrogen-bond donors (Lipinski definition) is 3. The second-order valence-corrected chi connectivity index (χ2v) is 6.12. The van der Waals surface area contributed by atoms with Crippen molar-refractivity contribution in [2.45, 2.75) is 58.3 Å². The van der Waals surface area contributed by atoms with Crippen LogP contribution in [-0.4, -0.2) is 58.9 Å². The summed E-state index contributed by atoms with van der Waals surface area (Å²) in [5.74, 6) is 0.675. The van der Waals surface area contributed by atoms with Gasteiger partial charge in [0.05, 0.1) is 18.8 Å². The normalized spacial score (nSPS) is 25.8. The molecular formula is C14H28N2O3. The molecule has 3 atom stereocenters. The van der Waals surface area contributed by atoms with Crippen molar-refractivity contribution in [1.82, 2.24) is 10.2 Å². The first-order valence-electron chi connectivity index (χ1n) is 7.26. The lowest BCUT2D eigenvalue weighted by atomic mass is 10.0. The number of aliphatic hydroxyl groups excluding tert-OH is 2. The number of β-amino-alcohol motifs (C(OH)–C–C–N with tert-alkyl or cyclic N) is 2. The minimum absolute atomic E-state index is 0.0293. The van der Waals surface area contributed by atoms with Gasteiger partial charge in [0.2, 0.25) is 5.91 Å². The number of rotatable bonds is 7. The predicted octanol–water partition coefficient (Wildman–Crippen LogP) is 0.355. The van der Waals surface area contributed by atoms with Crippen molar-refractivity contribution in [2.24, 2.45) is 5.92 Å². The Morgan fingerprint density at radius 3 is 2.32 bits per heavy atom. The highest BCUT2D eigenvalue weighted by molar-refractivity contribution is 5.78. The minimum atomic E-state index is -0.726. The van der Waals surface area contributed by atoms with Gasteiger partial charge < -0.3 is 15.5 Å². The minimum Gasteiger partial charge on any atom is -0.389 e. The SMILES string of the molecule is CC(C)CCCC(C)NC(=O)CN1C[C@@H](O)[C@@H](O)C1. The van der Waals surface area contributed by atoms with Gasteiger partial charge in [0.15, 0.2) is 0 Å². The number of amides is 1. The molecule has 3 N–H and O–H groups in total. The molecule has 0 aromatic heterocycles. The van der Waals surface area contributed by atoms with Gasteiger partial charge in [-0.3, -0.25) is 9.69 Å². The molecule has 0 aromatic carbocycles. The van der Waals surface area contributed by atoms with Crippen molar-refractivity contribution in [3.8, 4) is 0 Å². The zero-order valence-corrected chi connectivity index (χ0v) is 12.3. The summed E-state index contributed by atoms with van der Waals surface area (Å²) in [5, 5.41) is 21.8. The molecule has 1 amide bonds. The highest BCUT2D eigenvalue weighted by Gasteiger charge is 2.30. The molecule has 0 aromatic rings. The molecule has 0 spiro atoms. The maximum atomic E-state index is 11.8. The molecule has 1 heterocycles. The second-order valence-electron chi connectivity index (χ2n) is 6.12. The van der Waals surface area contributed by atoms with E-state index in [0.717, 1.165) is 12.8 Å². The highest BCUT2D eigenvalue weighted by atomic mass is 16.3. The van der Waals surface area contributed by atoms with E-state index >= 15 is 0 Å². The van der Waals surface area contributed by atoms with Gasteiger partial charge in [0.1, 0.15) is 0 Å². The molecule has 1 unspecified atom stereocenters. The molecule has 0 radical (unpaired) electrons. The summed E-state index contributed by atoms with van der Waals surface area (Å²) < 4.78 is 0. The third-order valence-corrected chi connectivity index (χ3v) is 3.53. The first-order chi connectivity index (χ1) is 8.88. The van der Waals surface area contributed by atoms with Gasteiger partial charge in [-0.05, 0) is 19.3 Å². The Bertz CT molecular complexity index is 274. The fourth-order valence-corrected chi connectivity index (χ4v) is 2.40. The molecule has 0 aliphatic carbocycles. The van der Waals surface area contributed by atoms with Crippen LogP contribution in [0.25, 0.3) is 0 Å². The molecule has 5 heteroatoms. The maximum absolute atomic E-state index is 11.8. The summed E-state index contributed by atoms with van der Waals surface area (Å²) in [4.78, 5) is 13.6. The van der Waals surface area contributed by atoms with E-state index in [9.17, 15) is 15.0 Å². The van der Waals surface area contributed by atoms with Crippen LogP contribution in [0.2, 0.25) is 0 Å². The second kappa shape index (κ2) is 7.82. The van der Waals surface area contributed by atoms with Gasteiger partial charge in [0.25, 0.3) is 0 Å². The molecule has 1 aliphatic rings. The largest absolute Gasteiger partial charge is 0.389 e. The average Bonchev–Trinajstić information content (AvgIpc) is 2.56. The van der Waals surface area contributed by atoms with E-state index < -0.39 is 12.2 Å². The quantitative estimate of drug-likeness (QED) is 0.625. The average molecular weight is 272 g/mol. The summed E-state index contributed by atoms with van der Waals surface area (Å²) in [6.45, 7) is 7.42. The van der Waals surface area contributed by atoms with Crippen molar-refractivity contribution in [3.63, 3.8) is 0 Å². The first kappa shape index (κ1) is 16.4. The molecule has 0 bridgehead atoms. The van der Waals surface area contributed by atoms with E-state index in [1.807, 2.05) is 6.92 Å². The molecular weight excluding hydrogens is 244 g/mol. The lowest BCUT2D eigenvalue weighted by Gasteiger charge is -2.18. The van der Waals surface area contributed by atoms with Crippen molar-refractivity contribution < 1.29 is 15.0 Å². The van der Waals surface area contributed by atoms with E-state index in [1.165, 1.54) is 6.42 Å². The Morgan fingerprint density at radius 1 is 1.21 bits per heavy atom. The summed E-state index contributed by atoms with van der Waals surface area (Å²) in [6, 6.07) is 0.184. The smallest absolute Gasteiger partial charge is 0.234 e. The molecule has 0 saturated carbocycles. The molecule has 112 valence electrons. The third kappa shape index (κ3) is 6.36. The van der Waals surface area contributed by atoms with Crippen LogP contribution in [0.1, 0.15) is 40.0 Å². The highest BCUT2D eigenvalue weighted by Crippen LogP contribution is 2.10. The molecule has 1 fully saturated rings. The summed E-state index contributed by atoms with van der Waals surface area (Å²) in [7, 11) is 0. The Balaban J connectivity index is 2.16. The summed E-state index contributed by atoms with van der Waals surface area (Å²) in [6.07, 6.45) is 1.85. The zero-order chi connectivity index (χ0) is 14.4. The number of carbonyl (C=O) groups is 1. The molecule has 1 aliphatic heterocycles. The fourth-order valence-electron chi connectivity index (χ4n) is 2.40. The zero-order valence-electron chi connectivity index (χ0n) is 12.3. The molecule has 1 saturated heterocycles. The van der Waals surface area contributed by atoms with Gasteiger partial charge in [-0.25, -0.2) is 0 Å². The van der Waals surface area contributed by atoms with Crippen LogP contribution in [0.3, 0.4) is 0 Å². The van der Waals surface area contributed by atoms with Crippen LogP contribution < -0.4 is 5.32 Å². The monoisotopic (exact) mass is 272 g/mol. The van der Waals surface area contributed by atoms with Crippen LogP contribution in [0.5, 0.6) is 0 Å². The lowest BCUT2D eigenvalue weighted by Crippen LogP contribution is -2.40. The number of aliphatic hydroxyl groups is 2. The third-order valence-electron chi connectivity index (χ3n) is 3.53. The van der Waals surface area contributed by atoms with Crippen LogP contribution in [-0.2, 0) is 4.79 Å². The Labute approximate surface area is 116 Å². The van der Waals surface area contributed by atoms with Crippen LogP contribution in [0.4, 0.5) is 0 Å². The van der Waals surface area contributed by atoms with E-state index in [1.54, 1.807) is 4.90 Å². The van der Waals surface area contributed by atoms with Gasteiger partial charge >= 0.3 is 0 Å². The number of likely N-dealkylation sites (tertiary alicyclic amines) is 1. The first-order valence-corrected chi connectivity index (χ1v) is 7.26. The summed E-state index contributed by atoms with van der Waals surface area (Å²) >= 11 is 0. The Morgan fingerprint density at radius 2 is 1.79 bits per heavy atom. The Kier molecular flexibility index (Phi) is 6.75. The van der Waals surface area contributed by atoms with Gasteiger partial charge in [0, 0.05) is 19.1 Å². The summed E-state index contributed by atoms with van der Waals surface area (Å²) in [5.41, 5.74) is 0. The van der Waals surface area contributed by atoms with Crippen molar-refractivity contribution in [3.05, 3.63) is 0 Å². The van der Waals surface area contributed by atoms with Crippen LogP contribution in [0, 0.1) is 5.92 Å². The van der Waals surface area contributed by atoms with Gasteiger partial charge in [-0.2, -0.15) is 0 Å². The van der Waals surface area contributed by atoms with Gasteiger partial charge in [-0.1, -0.05) is 26.7 Å². The standard InChI is InChI=1S/C14H28N2O3/c1-10(2)5-4-6-11(3)15-14(19)9-16-7-12(17)13(18)8-16/h10-13,17-18H,4-9H2,1-3H3,(H,15,19)/t11?,12-,13+.